The maximum atomic E-state index is 6.08. The summed E-state index contributed by atoms with van der Waals surface area (Å²) in [5.74, 6) is 0.992. The maximum absolute atomic E-state index is 6.08. The van der Waals surface area contributed by atoms with Crippen LogP contribution in [0.25, 0.3) is 11.4 Å². The van der Waals surface area contributed by atoms with Gasteiger partial charge in [-0.2, -0.15) is 4.98 Å². The van der Waals surface area contributed by atoms with Crippen molar-refractivity contribution in [3.63, 3.8) is 0 Å². The molecule has 0 saturated carbocycles. The second-order valence-corrected chi connectivity index (χ2v) is 4.89. The molecule has 0 fully saturated rings. The number of aromatic nitrogens is 4. The monoisotopic (exact) mass is 283 g/mol. The van der Waals surface area contributed by atoms with E-state index >= 15 is 0 Å². The zero-order valence-electron chi connectivity index (χ0n) is 11.8. The lowest BCUT2D eigenvalue weighted by atomic mass is 10.1. The second kappa shape index (κ2) is 5.88. The molecule has 2 heterocycles. The van der Waals surface area contributed by atoms with Gasteiger partial charge in [0.1, 0.15) is 0 Å². The average Bonchev–Trinajstić information content (AvgIpc) is 3.18. The molecule has 3 rings (SSSR count). The molecule has 1 aromatic carbocycles. The van der Waals surface area contributed by atoms with Crippen LogP contribution in [-0.4, -0.2) is 20.1 Å². The third kappa shape index (κ3) is 3.00. The Bertz CT molecular complexity index is 687. The lowest BCUT2D eigenvalue weighted by Gasteiger charge is -2.03. The summed E-state index contributed by atoms with van der Waals surface area (Å²) in [7, 11) is 0. The predicted octanol–water partition coefficient (Wildman–Crippen LogP) is 2.26. The van der Waals surface area contributed by atoms with Crippen molar-refractivity contribution < 1.29 is 4.52 Å². The molecule has 0 bridgehead atoms. The summed E-state index contributed by atoms with van der Waals surface area (Å²) in [4.78, 5) is 11.3. The number of imidazole rings is 1. The minimum Gasteiger partial charge on any atom is -0.348 e. The molecule has 1 atom stereocenters. The number of aromatic amines is 1. The first-order valence-electron chi connectivity index (χ1n) is 6.92. The highest BCUT2D eigenvalue weighted by atomic mass is 16.5. The molecule has 3 aromatic rings. The van der Waals surface area contributed by atoms with Gasteiger partial charge < -0.3 is 15.2 Å². The number of nitrogens with two attached hydrogens (primary N) is 1. The average molecular weight is 283 g/mol. The molecule has 0 amide bonds. The fourth-order valence-electron chi connectivity index (χ4n) is 2.11. The van der Waals surface area contributed by atoms with Gasteiger partial charge in [0.25, 0.3) is 0 Å². The summed E-state index contributed by atoms with van der Waals surface area (Å²) in [6.45, 7) is 2.12. The number of rotatable bonds is 5. The van der Waals surface area contributed by atoms with E-state index in [0.717, 1.165) is 17.7 Å². The van der Waals surface area contributed by atoms with Crippen molar-refractivity contribution in [2.75, 3.05) is 0 Å². The van der Waals surface area contributed by atoms with Crippen molar-refractivity contribution in [2.24, 2.45) is 5.73 Å². The molecule has 108 valence electrons. The molecular formula is C15H17N5O. The summed E-state index contributed by atoms with van der Waals surface area (Å²) < 4.78 is 5.27. The molecular weight excluding hydrogens is 266 g/mol. The highest BCUT2D eigenvalue weighted by Gasteiger charge is 2.16. The Morgan fingerprint density at radius 3 is 2.76 bits per heavy atom. The van der Waals surface area contributed by atoms with E-state index in [1.165, 1.54) is 5.56 Å². The molecule has 3 N–H and O–H groups in total. The van der Waals surface area contributed by atoms with Crippen LogP contribution in [0.4, 0.5) is 0 Å². The standard InChI is InChI=1S/C15H17N5O/c1-2-10-3-5-11(6-4-10)14-19-15(21-20-14)13(16)7-12-8-17-9-18-12/h3-6,8-9,13H,2,7,16H2,1H3,(H,17,18). The predicted molar refractivity (Wildman–Crippen MR) is 78.3 cm³/mol. The van der Waals surface area contributed by atoms with Crippen LogP contribution < -0.4 is 5.73 Å². The quantitative estimate of drug-likeness (QED) is 0.749. The minimum atomic E-state index is -0.346. The number of nitrogens with zero attached hydrogens (tertiary/aromatic N) is 3. The van der Waals surface area contributed by atoms with E-state index in [4.69, 9.17) is 10.3 Å². The van der Waals surface area contributed by atoms with Crippen LogP contribution in [0.1, 0.15) is 30.1 Å². The Hall–Kier alpha value is -2.47. The molecule has 0 saturated heterocycles. The topological polar surface area (TPSA) is 93.6 Å². The van der Waals surface area contributed by atoms with E-state index in [0.29, 0.717) is 18.1 Å². The summed E-state index contributed by atoms with van der Waals surface area (Å²) in [5.41, 5.74) is 9.22. The largest absolute Gasteiger partial charge is 0.348 e. The molecule has 1 unspecified atom stereocenters. The molecule has 0 aliphatic heterocycles. The van der Waals surface area contributed by atoms with Crippen molar-refractivity contribution in [3.8, 4) is 11.4 Å². The van der Waals surface area contributed by atoms with Crippen molar-refractivity contribution >= 4 is 0 Å². The van der Waals surface area contributed by atoms with Crippen LogP contribution in [-0.2, 0) is 12.8 Å². The highest BCUT2D eigenvalue weighted by Crippen LogP contribution is 2.20. The van der Waals surface area contributed by atoms with E-state index in [1.807, 2.05) is 12.1 Å². The van der Waals surface area contributed by atoms with Gasteiger partial charge in [-0.1, -0.05) is 36.3 Å². The van der Waals surface area contributed by atoms with Crippen LogP contribution in [0.2, 0.25) is 0 Å². The van der Waals surface area contributed by atoms with Gasteiger partial charge in [-0.25, -0.2) is 4.98 Å². The van der Waals surface area contributed by atoms with Crippen LogP contribution in [0.15, 0.2) is 41.3 Å². The number of hydrogen-bond acceptors (Lipinski definition) is 5. The Balaban J connectivity index is 1.75. The third-order valence-electron chi connectivity index (χ3n) is 3.37. The van der Waals surface area contributed by atoms with Gasteiger partial charge in [0.15, 0.2) is 0 Å². The summed E-state index contributed by atoms with van der Waals surface area (Å²) in [6.07, 6.45) is 4.94. The first-order chi connectivity index (χ1) is 10.3. The van der Waals surface area contributed by atoms with E-state index in [-0.39, 0.29) is 6.04 Å². The maximum Gasteiger partial charge on any atom is 0.244 e. The number of benzene rings is 1. The Morgan fingerprint density at radius 2 is 2.10 bits per heavy atom. The smallest absolute Gasteiger partial charge is 0.244 e. The number of nitrogens with one attached hydrogen (secondary N) is 1. The summed E-state index contributed by atoms with van der Waals surface area (Å²) in [5, 5.41) is 4.00. The minimum absolute atomic E-state index is 0.346. The molecule has 0 aliphatic rings. The zero-order chi connectivity index (χ0) is 14.7. The molecule has 2 aromatic heterocycles. The highest BCUT2D eigenvalue weighted by molar-refractivity contribution is 5.54. The lowest BCUT2D eigenvalue weighted by molar-refractivity contribution is 0.354. The number of H-pyrrole nitrogens is 1. The van der Waals surface area contributed by atoms with Gasteiger partial charge in [-0.05, 0) is 12.0 Å². The number of hydrogen-bond donors (Lipinski definition) is 2. The molecule has 21 heavy (non-hydrogen) atoms. The Kier molecular flexibility index (Phi) is 3.79. The van der Waals surface area contributed by atoms with Crippen LogP contribution in [0, 0.1) is 0 Å². The van der Waals surface area contributed by atoms with E-state index < -0.39 is 0 Å². The van der Waals surface area contributed by atoms with Crippen molar-refractivity contribution in [1.29, 1.82) is 0 Å². The first kappa shape index (κ1) is 13.5. The van der Waals surface area contributed by atoms with Gasteiger partial charge in [0.05, 0.1) is 12.4 Å². The molecule has 0 aliphatic carbocycles. The number of aryl methyl sites for hydroxylation is 1. The van der Waals surface area contributed by atoms with Crippen molar-refractivity contribution in [3.05, 3.63) is 53.9 Å². The van der Waals surface area contributed by atoms with E-state index in [1.54, 1.807) is 12.5 Å². The lowest BCUT2D eigenvalue weighted by Crippen LogP contribution is -2.13. The van der Waals surface area contributed by atoms with Gasteiger partial charge in [0, 0.05) is 23.9 Å². The third-order valence-corrected chi connectivity index (χ3v) is 3.37. The Morgan fingerprint density at radius 1 is 1.29 bits per heavy atom. The van der Waals surface area contributed by atoms with Crippen LogP contribution >= 0.6 is 0 Å². The van der Waals surface area contributed by atoms with Gasteiger partial charge in [-0.3, -0.25) is 0 Å². The summed E-state index contributed by atoms with van der Waals surface area (Å²) >= 11 is 0. The van der Waals surface area contributed by atoms with Gasteiger partial charge in [0.2, 0.25) is 11.7 Å². The Labute approximate surface area is 122 Å². The van der Waals surface area contributed by atoms with Crippen molar-refractivity contribution in [1.82, 2.24) is 20.1 Å². The second-order valence-electron chi connectivity index (χ2n) is 4.89. The molecule has 0 spiro atoms. The normalized spacial score (nSPS) is 12.5. The van der Waals surface area contributed by atoms with Crippen LogP contribution in [0.5, 0.6) is 0 Å². The van der Waals surface area contributed by atoms with E-state index in [9.17, 15) is 0 Å². The fraction of sp³-hybridized carbons (Fsp3) is 0.267. The first-order valence-corrected chi connectivity index (χ1v) is 6.92. The molecule has 6 nitrogen and oxygen atoms in total. The SMILES string of the molecule is CCc1ccc(-c2noc(C(N)Cc3cnc[nH]3)n2)cc1. The van der Waals surface area contributed by atoms with Gasteiger partial charge >= 0.3 is 0 Å². The van der Waals surface area contributed by atoms with Gasteiger partial charge in [-0.15, -0.1) is 0 Å². The molecule has 6 heteroatoms. The zero-order valence-corrected chi connectivity index (χ0v) is 11.8. The summed E-state index contributed by atoms with van der Waals surface area (Å²) in [6, 6.07) is 7.77. The van der Waals surface area contributed by atoms with E-state index in [2.05, 4.69) is 39.2 Å². The van der Waals surface area contributed by atoms with Crippen LogP contribution in [0.3, 0.4) is 0 Å². The molecule has 0 radical (unpaired) electrons. The fourth-order valence-corrected chi connectivity index (χ4v) is 2.11. The van der Waals surface area contributed by atoms with Crippen molar-refractivity contribution in [2.45, 2.75) is 25.8 Å².